The third-order valence-electron chi connectivity index (χ3n) is 6.61. The first-order chi connectivity index (χ1) is 16.9. The lowest BCUT2D eigenvalue weighted by Gasteiger charge is -2.32. The number of nitrogens with zero attached hydrogens (tertiary/aromatic N) is 1. The van der Waals surface area contributed by atoms with Gasteiger partial charge in [0.05, 0.1) is 12.8 Å². The molecule has 9 heteroatoms. The number of benzene rings is 2. The minimum Gasteiger partial charge on any atom is -0.495 e. The van der Waals surface area contributed by atoms with Gasteiger partial charge in [0.1, 0.15) is 11.9 Å². The summed E-state index contributed by atoms with van der Waals surface area (Å²) in [5, 5.41) is 14.6. The van der Waals surface area contributed by atoms with E-state index in [1.165, 1.54) is 0 Å². The van der Waals surface area contributed by atoms with Crippen LogP contribution in [0.15, 0.2) is 42.5 Å². The van der Waals surface area contributed by atoms with Gasteiger partial charge in [-0.2, -0.15) is 0 Å². The minimum atomic E-state index is -0.771. The van der Waals surface area contributed by atoms with Gasteiger partial charge < -0.3 is 30.1 Å². The highest BCUT2D eigenvalue weighted by atomic mass is 16.6. The minimum absolute atomic E-state index is 0.151. The molecule has 0 spiro atoms. The summed E-state index contributed by atoms with van der Waals surface area (Å²) in [5.41, 5.74) is 3.35. The van der Waals surface area contributed by atoms with Crippen LogP contribution in [-0.2, 0) is 22.5 Å². The lowest BCUT2D eigenvalue weighted by Crippen LogP contribution is -2.39. The summed E-state index contributed by atoms with van der Waals surface area (Å²) in [6, 6.07) is 12.5. The predicted octanol–water partition coefficient (Wildman–Crippen LogP) is 4.87. The lowest BCUT2D eigenvalue weighted by atomic mass is 9.85. The molecule has 3 amide bonds. The summed E-state index contributed by atoms with van der Waals surface area (Å²) in [6.45, 7) is 0.993. The molecular formula is C26H31N3O6. The number of fused-ring (bicyclic) bond motifs is 1. The Morgan fingerprint density at radius 2 is 1.80 bits per heavy atom. The van der Waals surface area contributed by atoms with Gasteiger partial charge in [0, 0.05) is 25.2 Å². The first-order valence-corrected chi connectivity index (χ1v) is 11.9. The monoisotopic (exact) mass is 481 g/mol. The van der Waals surface area contributed by atoms with Crippen LogP contribution >= 0.6 is 0 Å². The maximum absolute atomic E-state index is 12.7. The van der Waals surface area contributed by atoms with Crippen LogP contribution in [0.25, 0.3) is 0 Å². The Bertz CT molecular complexity index is 1080. The van der Waals surface area contributed by atoms with E-state index in [-0.39, 0.29) is 30.6 Å². The fraction of sp³-hybridized carbons (Fsp3) is 0.423. The molecule has 1 heterocycles. The molecule has 1 saturated carbocycles. The van der Waals surface area contributed by atoms with Crippen molar-refractivity contribution in [3.8, 4) is 5.75 Å². The number of carboxylic acid groups (broad SMARTS) is 1. The molecule has 1 fully saturated rings. The number of carbonyl (C=O) groups excluding carboxylic acids is 2. The second kappa shape index (κ2) is 11.1. The van der Waals surface area contributed by atoms with E-state index in [0.29, 0.717) is 49.5 Å². The fourth-order valence-corrected chi connectivity index (χ4v) is 4.74. The number of para-hydroxylation sites is 2. The summed E-state index contributed by atoms with van der Waals surface area (Å²) in [4.78, 5) is 37.7. The summed E-state index contributed by atoms with van der Waals surface area (Å²) in [7, 11) is 1.55. The Labute approximate surface area is 204 Å². The molecule has 0 saturated heterocycles. The van der Waals surface area contributed by atoms with Crippen LogP contribution in [0.2, 0.25) is 0 Å². The number of ether oxygens (including phenoxy) is 2. The van der Waals surface area contributed by atoms with Crippen molar-refractivity contribution in [3.05, 3.63) is 53.6 Å². The molecule has 0 atom stereocenters. The maximum atomic E-state index is 12.7. The van der Waals surface area contributed by atoms with E-state index in [9.17, 15) is 14.4 Å². The molecule has 1 aliphatic heterocycles. The van der Waals surface area contributed by atoms with Crippen molar-refractivity contribution in [1.29, 1.82) is 0 Å². The van der Waals surface area contributed by atoms with Crippen molar-refractivity contribution >= 4 is 29.5 Å². The van der Waals surface area contributed by atoms with E-state index >= 15 is 0 Å². The highest BCUT2D eigenvalue weighted by Crippen LogP contribution is 2.30. The van der Waals surface area contributed by atoms with Crippen LogP contribution < -0.4 is 15.4 Å². The van der Waals surface area contributed by atoms with Gasteiger partial charge in [-0.3, -0.25) is 4.79 Å². The van der Waals surface area contributed by atoms with Gasteiger partial charge in [-0.05, 0) is 73.4 Å². The van der Waals surface area contributed by atoms with Gasteiger partial charge >= 0.3 is 18.1 Å². The fourth-order valence-electron chi connectivity index (χ4n) is 4.74. The van der Waals surface area contributed by atoms with Crippen molar-refractivity contribution in [2.24, 2.45) is 5.92 Å². The van der Waals surface area contributed by atoms with E-state index in [1.54, 1.807) is 24.1 Å². The van der Waals surface area contributed by atoms with Gasteiger partial charge in [-0.25, -0.2) is 9.59 Å². The number of urea groups is 1. The quantitative estimate of drug-likeness (QED) is 0.542. The Hall–Kier alpha value is -3.75. The van der Waals surface area contributed by atoms with E-state index in [2.05, 4.69) is 10.6 Å². The molecule has 2 aromatic carbocycles. The van der Waals surface area contributed by atoms with Crippen LogP contribution in [0.1, 0.15) is 43.2 Å². The number of carbonyl (C=O) groups is 3. The number of amides is 3. The predicted molar refractivity (Wildman–Crippen MR) is 131 cm³/mol. The Balaban J connectivity index is 1.28. The number of nitrogens with one attached hydrogen (secondary N) is 2. The van der Waals surface area contributed by atoms with Crippen molar-refractivity contribution < 1.29 is 29.0 Å². The smallest absolute Gasteiger partial charge is 0.410 e. The molecule has 0 unspecified atom stereocenters. The van der Waals surface area contributed by atoms with Crippen molar-refractivity contribution in [2.45, 2.75) is 51.2 Å². The lowest BCUT2D eigenvalue weighted by molar-refractivity contribution is -0.138. The average molecular weight is 482 g/mol. The van der Waals surface area contributed by atoms with Crippen LogP contribution in [0.5, 0.6) is 5.75 Å². The van der Waals surface area contributed by atoms with E-state index in [1.807, 2.05) is 30.3 Å². The number of hydrogen-bond donors (Lipinski definition) is 3. The summed E-state index contributed by atoms with van der Waals surface area (Å²) in [5.74, 6) is -0.0230. The van der Waals surface area contributed by atoms with Crippen molar-refractivity contribution in [1.82, 2.24) is 4.90 Å². The molecule has 9 nitrogen and oxygen atoms in total. The number of carboxylic acids is 1. The first kappa shape index (κ1) is 24.4. The molecule has 1 aliphatic carbocycles. The number of anilines is 2. The molecule has 0 radical (unpaired) electrons. The Kier molecular flexibility index (Phi) is 7.74. The molecule has 2 aromatic rings. The Morgan fingerprint density at radius 3 is 2.54 bits per heavy atom. The van der Waals surface area contributed by atoms with E-state index in [0.717, 1.165) is 24.0 Å². The zero-order chi connectivity index (χ0) is 24.8. The normalized spacial score (nSPS) is 19.3. The zero-order valence-corrected chi connectivity index (χ0v) is 19.8. The van der Waals surface area contributed by atoms with Gasteiger partial charge in [0.25, 0.3) is 0 Å². The largest absolute Gasteiger partial charge is 0.495 e. The average Bonchev–Trinajstić information content (AvgIpc) is 2.85. The zero-order valence-electron chi connectivity index (χ0n) is 19.8. The molecule has 0 aromatic heterocycles. The van der Waals surface area contributed by atoms with Gasteiger partial charge in [0.2, 0.25) is 0 Å². The van der Waals surface area contributed by atoms with Crippen LogP contribution in [-0.4, -0.2) is 47.9 Å². The molecule has 3 N–H and O–H groups in total. The van der Waals surface area contributed by atoms with Gasteiger partial charge in [0.15, 0.2) is 0 Å². The molecular weight excluding hydrogens is 450 g/mol. The van der Waals surface area contributed by atoms with E-state index < -0.39 is 5.97 Å². The first-order valence-electron chi connectivity index (χ1n) is 11.9. The molecule has 0 bridgehead atoms. The van der Waals surface area contributed by atoms with Crippen LogP contribution in [0.4, 0.5) is 21.0 Å². The summed E-state index contributed by atoms with van der Waals surface area (Å²) < 4.78 is 11.0. The summed E-state index contributed by atoms with van der Waals surface area (Å²) >= 11 is 0. The molecule has 2 aliphatic rings. The number of hydrogen-bond acceptors (Lipinski definition) is 5. The number of rotatable bonds is 6. The number of aliphatic carboxylic acids is 1. The second-order valence-corrected chi connectivity index (χ2v) is 9.06. The van der Waals surface area contributed by atoms with Gasteiger partial charge in [-0.15, -0.1) is 0 Å². The van der Waals surface area contributed by atoms with Crippen molar-refractivity contribution in [3.63, 3.8) is 0 Å². The molecule has 186 valence electrons. The SMILES string of the molecule is COc1ccccc1NC(=O)Nc1ccc2c(c1)CCN(C(=O)OC1CCC(CC(=O)O)CC1)C2. The third kappa shape index (κ3) is 6.44. The molecule has 4 rings (SSSR count). The highest BCUT2D eigenvalue weighted by Gasteiger charge is 2.28. The van der Waals surface area contributed by atoms with Gasteiger partial charge in [-0.1, -0.05) is 18.2 Å². The number of methoxy groups -OCH3 is 1. The highest BCUT2D eigenvalue weighted by molar-refractivity contribution is 6.00. The summed E-state index contributed by atoms with van der Waals surface area (Å²) in [6.07, 6.45) is 3.33. The van der Waals surface area contributed by atoms with E-state index in [4.69, 9.17) is 14.6 Å². The maximum Gasteiger partial charge on any atom is 0.410 e. The van der Waals surface area contributed by atoms with Crippen LogP contribution in [0.3, 0.4) is 0 Å². The Morgan fingerprint density at radius 1 is 1.03 bits per heavy atom. The topological polar surface area (TPSA) is 117 Å². The third-order valence-corrected chi connectivity index (χ3v) is 6.61. The van der Waals surface area contributed by atoms with Crippen LogP contribution in [0, 0.1) is 5.92 Å². The van der Waals surface area contributed by atoms with Crippen molar-refractivity contribution in [2.75, 3.05) is 24.3 Å². The second-order valence-electron chi connectivity index (χ2n) is 9.06. The standard InChI is InChI=1S/C26H31N3O6/c1-34-23-5-3-2-4-22(23)28-25(32)27-20-9-8-19-16-29(13-12-18(19)15-20)26(33)35-21-10-6-17(7-11-21)14-24(30)31/h2-5,8-9,15,17,21H,6-7,10-14,16H2,1H3,(H,30,31)(H2,27,28,32). The molecule has 35 heavy (non-hydrogen) atoms.